The summed E-state index contributed by atoms with van der Waals surface area (Å²) in [5.41, 5.74) is 1.63. The van der Waals surface area contributed by atoms with Crippen molar-refractivity contribution in [2.75, 3.05) is 11.9 Å². The average Bonchev–Trinajstić information content (AvgIpc) is 3.39. The minimum Gasteiger partial charge on any atom is -0.482 e. The molecule has 0 aromatic heterocycles. The number of anilines is 1. The monoisotopic (exact) mass is 325 g/mol. The zero-order valence-electron chi connectivity index (χ0n) is 13.1. The van der Waals surface area contributed by atoms with E-state index in [0.29, 0.717) is 17.4 Å². The quantitative estimate of drug-likeness (QED) is 0.819. The summed E-state index contributed by atoms with van der Waals surface area (Å²) < 4.78 is 5.14. The molecule has 0 radical (unpaired) electrons. The van der Waals surface area contributed by atoms with Crippen molar-refractivity contribution >= 4 is 17.6 Å². The molecule has 0 aliphatic heterocycles. The van der Waals surface area contributed by atoms with Crippen LogP contribution in [0.3, 0.4) is 0 Å². The van der Waals surface area contributed by atoms with Gasteiger partial charge in [-0.05, 0) is 36.5 Å². The Morgan fingerprint density at radius 2 is 1.88 bits per heavy atom. The predicted molar refractivity (Wildman–Crippen MR) is 90.1 cm³/mol. The highest BCUT2D eigenvalue weighted by Crippen LogP contribution is 2.43. The van der Waals surface area contributed by atoms with E-state index in [1.165, 1.54) is 0 Å². The van der Waals surface area contributed by atoms with E-state index in [-0.39, 0.29) is 11.8 Å². The lowest BCUT2D eigenvalue weighted by molar-refractivity contribution is -0.139. The second kappa shape index (κ2) is 7.17. The van der Waals surface area contributed by atoms with Gasteiger partial charge in [0, 0.05) is 11.8 Å². The fourth-order valence-corrected chi connectivity index (χ4v) is 2.76. The molecule has 2 N–H and O–H groups in total. The van der Waals surface area contributed by atoms with Gasteiger partial charge >= 0.3 is 5.97 Å². The van der Waals surface area contributed by atoms with Gasteiger partial charge in [-0.3, -0.25) is 4.79 Å². The van der Waals surface area contributed by atoms with Crippen LogP contribution in [-0.4, -0.2) is 23.6 Å². The van der Waals surface area contributed by atoms with Crippen molar-refractivity contribution in [3.8, 4) is 5.75 Å². The molecule has 2 aromatic carbocycles. The molecule has 124 valence electrons. The van der Waals surface area contributed by atoms with Crippen LogP contribution in [0.1, 0.15) is 24.3 Å². The molecule has 1 amide bonds. The van der Waals surface area contributed by atoms with Crippen molar-refractivity contribution in [3.63, 3.8) is 0 Å². The zero-order chi connectivity index (χ0) is 16.9. The maximum atomic E-state index is 12.7. The fraction of sp³-hybridized carbons (Fsp3) is 0.263. The first-order valence-corrected chi connectivity index (χ1v) is 7.94. The van der Waals surface area contributed by atoms with E-state index in [1.807, 2.05) is 30.3 Å². The highest BCUT2D eigenvalue weighted by Gasteiger charge is 2.37. The van der Waals surface area contributed by atoms with Crippen LogP contribution in [-0.2, 0) is 9.59 Å². The summed E-state index contributed by atoms with van der Waals surface area (Å²) in [5.74, 6) is -0.437. The highest BCUT2D eigenvalue weighted by atomic mass is 16.5. The molecule has 0 bridgehead atoms. The molecule has 24 heavy (non-hydrogen) atoms. The lowest BCUT2D eigenvalue weighted by atomic mass is 9.93. The van der Waals surface area contributed by atoms with Crippen molar-refractivity contribution in [1.29, 1.82) is 0 Å². The molecule has 5 nitrogen and oxygen atoms in total. The van der Waals surface area contributed by atoms with Gasteiger partial charge in [0.2, 0.25) is 5.91 Å². The minimum absolute atomic E-state index is 0.0425. The standard InChI is InChI=1S/C19H19NO4/c21-17(22)12-24-16-8-4-7-15(11-16)20-19(23)18(14-9-10-14)13-5-2-1-3-6-13/h1-8,11,14,18H,9-10,12H2,(H,20,23)(H,21,22). The number of hydrogen-bond acceptors (Lipinski definition) is 3. The van der Waals surface area contributed by atoms with Crippen LogP contribution in [0.2, 0.25) is 0 Å². The third-order valence-electron chi connectivity index (χ3n) is 4.00. The van der Waals surface area contributed by atoms with Gasteiger partial charge in [-0.2, -0.15) is 0 Å². The van der Waals surface area contributed by atoms with E-state index in [1.54, 1.807) is 24.3 Å². The van der Waals surface area contributed by atoms with Gasteiger partial charge in [0.05, 0.1) is 5.92 Å². The second-order valence-electron chi connectivity index (χ2n) is 5.93. The van der Waals surface area contributed by atoms with E-state index in [4.69, 9.17) is 9.84 Å². The number of carboxylic acid groups (broad SMARTS) is 1. The van der Waals surface area contributed by atoms with E-state index in [2.05, 4.69) is 5.32 Å². The van der Waals surface area contributed by atoms with Crippen molar-refractivity contribution < 1.29 is 19.4 Å². The summed E-state index contributed by atoms with van der Waals surface area (Å²) in [7, 11) is 0. The van der Waals surface area contributed by atoms with Crippen molar-refractivity contribution in [2.24, 2.45) is 5.92 Å². The molecule has 2 aromatic rings. The molecule has 1 aliphatic rings. The van der Waals surface area contributed by atoms with Crippen LogP contribution >= 0.6 is 0 Å². The van der Waals surface area contributed by atoms with Gasteiger partial charge in [0.15, 0.2) is 6.61 Å². The smallest absolute Gasteiger partial charge is 0.341 e. The molecule has 0 heterocycles. The van der Waals surface area contributed by atoms with Crippen LogP contribution in [0.5, 0.6) is 5.75 Å². The fourth-order valence-electron chi connectivity index (χ4n) is 2.76. The van der Waals surface area contributed by atoms with E-state index in [0.717, 1.165) is 18.4 Å². The number of aliphatic carboxylic acids is 1. The van der Waals surface area contributed by atoms with Crippen LogP contribution in [0.15, 0.2) is 54.6 Å². The largest absolute Gasteiger partial charge is 0.482 e. The van der Waals surface area contributed by atoms with Gasteiger partial charge in [-0.1, -0.05) is 36.4 Å². The van der Waals surface area contributed by atoms with E-state index < -0.39 is 12.6 Å². The number of nitrogens with one attached hydrogen (secondary N) is 1. The molecule has 1 aliphatic carbocycles. The molecular weight excluding hydrogens is 306 g/mol. The van der Waals surface area contributed by atoms with Gasteiger partial charge in [0.1, 0.15) is 5.75 Å². The summed E-state index contributed by atoms with van der Waals surface area (Å²) >= 11 is 0. The Kier molecular flexibility index (Phi) is 4.79. The first kappa shape index (κ1) is 16.1. The third-order valence-corrected chi connectivity index (χ3v) is 4.00. The summed E-state index contributed by atoms with van der Waals surface area (Å²) in [6, 6.07) is 16.6. The number of hydrogen-bond donors (Lipinski definition) is 2. The van der Waals surface area contributed by atoms with Gasteiger partial charge in [-0.25, -0.2) is 4.79 Å². The molecular formula is C19H19NO4. The number of carboxylic acids is 1. The third kappa shape index (κ3) is 4.13. The Morgan fingerprint density at radius 3 is 2.54 bits per heavy atom. The molecule has 3 rings (SSSR count). The number of benzene rings is 2. The zero-order valence-corrected chi connectivity index (χ0v) is 13.1. The summed E-state index contributed by atoms with van der Waals surface area (Å²) in [6.07, 6.45) is 2.13. The number of carbonyl (C=O) groups excluding carboxylic acids is 1. The van der Waals surface area contributed by atoms with Gasteiger partial charge in [-0.15, -0.1) is 0 Å². The Bertz CT molecular complexity index is 725. The Labute approximate surface area is 140 Å². The van der Waals surface area contributed by atoms with Crippen molar-refractivity contribution in [1.82, 2.24) is 0 Å². The molecule has 0 spiro atoms. The van der Waals surface area contributed by atoms with Crippen LogP contribution in [0.25, 0.3) is 0 Å². The van der Waals surface area contributed by atoms with Crippen LogP contribution in [0, 0.1) is 5.92 Å². The normalized spacial score (nSPS) is 14.7. The van der Waals surface area contributed by atoms with Crippen LogP contribution < -0.4 is 10.1 Å². The Balaban J connectivity index is 1.71. The lowest BCUT2D eigenvalue weighted by Gasteiger charge is -2.17. The number of rotatable bonds is 7. The van der Waals surface area contributed by atoms with E-state index in [9.17, 15) is 9.59 Å². The minimum atomic E-state index is -1.04. The van der Waals surface area contributed by atoms with Crippen LogP contribution in [0.4, 0.5) is 5.69 Å². The van der Waals surface area contributed by atoms with Gasteiger partial charge in [0.25, 0.3) is 0 Å². The Morgan fingerprint density at radius 1 is 1.12 bits per heavy atom. The maximum Gasteiger partial charge on any atom is 0.341 e. The number of ether oxygens (including phenoxy) is 1. The lowest BCUT2D eigenvalue weighted by Crippen LogP contribution is -2.22. The second-order valence-corrected chi connectivity index (χ2v) is 5.93. The number of amides is 1. The predicted octanol–water partition coefficient (Wildman–Crippen LogP) is 3.28. The number of carbonyl (C=O) groups is 2. The molecule has 5 heteroatoms. The van der Waals surface area contributed by atoms with Crippen molar-refractivity contribution in [2.45, 2.75) is 18.8 Å². The highest BCUT2D eigenvalue weighted by molar-refractivity contribution is 5.96. The molecule has 1 fully saturated rings. The summed E-state index contributed by atoms with van der Waals surface area (Å²) in [6.45, 7) is -0.411. The van der Waals surface area contributed by atoms with E-state index >= 15 is 0 Å². The molecule has 0 saturated heterocycles. The Hall–Kier alpha value is -2.82. The maximum absolute atomic E-state index is 12.7. The van der Waals surface area contributed by atoms with Crippen molar-refractivity contribution in [3.05, 3.63) is 60.2 Å². The molecule has 1 saturated carbocycles. The summed E-state index contributed by atoms with van der Waals surface area (Å²) in [4.78, 5) is 23.3. The first-order chi connectivity index (χ1) is 11.6. The molecule has 1 unspecified atom stereocenters. The first-order valence-electron chi connectivity index (χ1n) is 7.94. The summed E-state index contributed by atoms with van der Waals surface area (Å²) in [5, 5.41) is 11.6. The molecule has 1 atom stereocenters. The topological polar surface area (TPSA) is 75.6 Å². The average molecular weight is 325 g/mol. The SMILES string of the molecule is O=C(O)COc1cccc(NC(=O)C(c2ccccc2)C2CC2)c1. The van der Waals surface area contributed by atoms with Gasteiger partial charge < -0.3 is 15.2 Å².